The van der Waals surface area contributed by atoms with Crippen LogP contribution in [0.4, 0.5) is 5.69 Å². The zero-order valence-corrected chi connectivity index (χ0v) is 11.8. The van der Waals surface area contributed by atoms with E-state index in [-0.39, 0.29) is 17.9 Å². The molecule has 0 radical (unpaired) electrons. The Morgan fingerprint density at radius 3 is 2.24 bits per heavy atom. The lowest BCUT2D eigenvalue weighted by molar-refractivity contribution is -0.128. The Morgan fingerprint density at radius 1 is 1.00 bits per heavy atom. The monoisotopic (exact) mass is 279 g/mol. The highest BCUT2D eigenvalue weighted by Gasteiger charge is 2.47. The number of β-lactam (4-membered cyclic amide) rings is 1. The van der Waals surface area contributed by atoms with Gasteiger partial charge in [-0.2, -0.15) is 0 Å². The summed E-state index contributed by atoms with van der Waals surface area (Å²) in [6, 6.07) is 19.9. The molecule has 3 rings (SSSR count). The molecule has 1 fully saturated rings. The molecule has 3 nitrogen and oxygen atoms in total. The molecule has 1 saturated heterocycles. The Labute approximate surface area is 124 Å². The van der Waals surface area contributed by atoms with Gasteiger partial charge in [-0.25, -0.2) is 0 Å². The Morgan fingerprint density at radius 2 is 1.62 bits per heavy atom. The van der Waals surface area contributed by atoms with E-state index in [0.29, 0.717) is 0 Å². The predicted molar refractivity (Wildman–Crippen MR) is 82.8 cm³/mol. The van der Waals surface area contributed by atoms with Gasteiger partial charge in [-0.05, 0) is 23.8 Å². The average Bonchev–Trinajstić information content (AvgIpc) is 2.54. The molecule has 0 aliphatic carbocycles. The lowest BCUT2D eigenvalue weighted by atomic mass is 9.82. The fourth-order valence-corrected chi connectivity index (χ4v) is 2.75. The molecular weight excluding hydrogens is 262 g/mol. The van der Waals surface area contributed by atoms with Crippen molar-refractivity contribution in [2.45, 2.75) is 6.04 Å². The highest BCUT2D eigenvalue weighted by molar-refractivity contribution is 6.04. The second kappa shape index (κ2) is 5.83. The first-order valence-electron chi connectivity index (χ1n) is 6.95. The largest absolute Gasteiger partial charge is 0.505 e. The van der Waals surface area contributed by atoms with Gasteiger partial charge in [-0.3, -0.25) is 4.79 Å². The molecule has 2 aromatic carbocycles. The molecule has 3 heteroatoms. The average molecular weight is 279 g/mol. The van der Waals surface area contributed by atoms with Crippen LogP contribution in [0.25, 0.3) is 0 Å². The molecule has 2 aromatic rings. The van der Waals surface area contributed by atoms with Gasteiger partial charge < -0.3 is 9.64 Å². The van der Waals surface area contributed by atoms with E-state index in [9.17, 15) is 4.79 Å². The third-order valence-electron chi connectivity index (χ3n) is 3.74. The summed E-state index contributed by atoms with van der Waals surface area (Å²) >= 11 is 0. The summed E-state index contributed by atoms with van der Waals surface area (Å²) in [6.07, 6.45) is 3.42. The highest BCUT2D eigenvalue weighted by atomic mass is 16.5. The molecule has 1 aliphatic rings. The minimum absolute atomic E-state index is 0.0208. The summed E-state index contributed by atoms with van der Waals surface area (Å²) in [5, 5.41) is 0. The van der Waals surface area contributed by atoms with Crippen LogP contribution < -0.4 is 4.90 Å². The molecule has 0 bridgehead atoms. The van der Waals surface area contributed by atoms with Gasteiger partial charge in [0.1, 0.15) is 0 Å². The molecule has 0 aromatic heterocycles. The molecule has 1 heterocycles. The fraction of sp³-hybridized carbons (Fsp3) is 0.167. The first-order chi connectivity index (χ1) is 10.3. The number of amides is 1. The molecule has 0 unspecified atom stereocenters. The molecule has 1 amide bonds. The molecule has 1 aliphatic heterocycles. The van der Waals surface area contributed by atoms with Crippen molar-refractivity contribution in [2.75, 3.05) is 12.0 Å². The normalized spacial score (nSPS) is 21.4. The van der Waals surface area contributed by atoms with E-state index in [0.717, 1.165) is 11.3 Å². The van der Waals surface area contributed by atoms with Crippen LogP contribution >= 0.6 is 0 Å². The maximum Gasteiger partial charge on any atom is 0.237 e. The van der Waals surface area contributed by atoms with Crippen LogP contribution in [0.15, 0.2) is 73.0 Å². The van der Waals surface area contributed by atoms with Crippen molar-refractivity contribution in [1.29, 1.82) is 0 Å². The maximum atomic E-state index is 12.5. The van der Waals surface area contributed by atoms with Crippen molar-refractivity contribution < 1.29 is 9.53 Å². The quantitative estimate of drug-likeness (QED) is 0.632. The molecular formula is C18H17NO2. The number of nitrogens with zero attached hydrogens (tertiary/aromatic N) is 1. The highest BCUT2D eigenvalue weighted by Crippen LogP contribution is 2.43. The van der Waals surface area contributed by atoms with E-state index in [2.05, 4.69) is 12.1 Å². The van der Waals surface area contributed by atoms with Gasteiger partial charge in [0.2, 0.25) is 5.91 Å². The minimum Gasteiger partial charge on any atom is -0.505 e. The zero-order chi connectivity index (χ0) is 14.7. The van der Waals surface area contributed by atoms with Gasteiger partial charge in [-0.15, -0.1) is 0 Å². The predicted octanol–water partition coefficient (Wildman–Crippen LogP) is 3.55. The number of hydrogen-bond donors (Lipinski definition) is 0. The number of carbonyl (C=O) groups excluding carboxylic acids is 1. The Hall–Kier alpha value is -2.55. The number of ether oxygens (including phenoxy) is 1. The van der Waals surface area contributed by atoms with Gasteiger partial charge in [0, 0.05) is 5.69 Å². The summed E-state index contributed by atoms with van der Waals surface area (Å²) < 4.78 is 4.97. The van der Waals surface area contributed by atoms with Crippen LogP contribution in [0.3, 0.4) is 0 Å². The molecule has 2 atom stereocenters. The van der Waals surface area contributed by atoms with Crippen molar-refractivity contribution >= 4 is 11.6 Å². The fourth-order valence-electron chi connectivity index (χ4n) is 2.75. The van der Waals surface area contributed by atoms with Gasteiger partial charge >= 0.3 is 0 Å². The topological polar surface area (TPSA) is 29.5 Å². The summed E-state index contributed by atoms with van der Waals surface area (Å²) in [6.45, 7) is 0. The lowest BCUT2D eigenvalue weighted by Gasteiger charge is -2.46. The van der Waals surface area contributed by atoms with Crippen LogP contribution in [0.5, 0.6) is 0 Å². The summed E-state index contributed by atoms with van der Waals surface area (Å²) in [5.74, 6) is -0.0732. The maximum absolute atomic E-state index is 12.5. The third kappa shape index (κ3) is 2.42. The van der Waals surface area contributed by atoms with E-state index >= 15 is 0 Å². The van der Waals surface area contributed by atoms with Crippen molar-refractivity contribution in [2.24, 2.45) is 5.92 Å². The van der Waals surface area contributed by atoms with Crippen molar-refractivity contribution in [3.05, 3.63) is 78.6 Å². The Bertz CT molecular complexity index is 637. The minimum atomic E-state index is -0.174. The zero-order valence-electron chi connectivity index (χ0n) is 11.8. The van der Waals surface area contributed by atoms with Crippen LogP contribution in [0.1, 0.15) is 11.6 Å². The molecule has 0 N–H and O–H groups in total. The SMILES string of the molecule is CO/C=C/[C@@H]1C(=O)N(c2ccccc2)[C@@H]1c1ccccc1. The number of anilines is 1. The standard InChI is InChI=1S/C18H17NO2/c1-21-13-12-16-17(14-8-4-2-5-9-14)19(18(16)20)15-10-6-3-7-11-15/h2-13,16-17H,1H3/b13-12+/t16-,17+/m0/s1. The number of benzene rings is 2. The van der Waals surface area contributed by atoms with Gasteiger partial charge in [0.25, 0.3) is 0 Å². The number of rotatable bonds is 4. The Balaban J connectivity index is 1.96. The molecule has 21 heavy (non-hydrogen) atoms. The number of hydrogen-bond acceptors (Lipinski definition) is 2. The van der Waals surface area contributed by atoms with Crippen LogP contribution in [-0.4, -0.2) is 13.0 Å². The number of methoxy groups -OCH3 is 1. The molecule has 106 valence electrons. The second-order valence-electron chi connectivity index (χ2n) is 4.99. The van der Waals surface area contributed by atoms with E-state index in [4.69, 9.17) is 4.74 Å². The smallest absolute Gasteiger partial charge is 0.237 e. The first-order valence-corrected chi connectivity index (χ1v) is 6.95. The third-order valence-corrected chi connectivity index (χ3v) is 3.74. The molecule has 0 saturated carbocycles. The van der Waals surface area contributed by atoms with Crippen molar-refractivity contribution in [3.63, 3.8) is 0 Å². The second-order valence-corrected chi connectivity index (χ2v) is 4.99. The first kappa shape index (κ1) is 13.4. The summed E-state index contributed by atoms with van der Waals surface area (Å²) in [5.41, 5.74) is 2.06. The van der Waals surface area contributed by atoms with E-state index in [1.165, 1.54) is 0 Å². The van der Waals surface area contributed by atoms with E-state index in [1.807, 2.05) is 59.5 Å². The van der Waals surface area contributed by atoms with E-state index < -0.39 is 0 Å². The van der Waals surface area contributed by atoms with Crippen molar-refractivity contribution in [3.8, 4) is 0 Å². The van der Waals surface area contributed by atoms with Gasteiger partial charge in [0.15, 0.2) is 0 Å². The lowest BCUT2D eigenvalue weighted by Crippen LogP contribution is -2.54. The van der Waals surface area contributed by atoms with Crippen molar-refractivity contribution in [1.82, 2.24) is 0 Å². The summed E-state index contributed by atoms with van der Waals surface area (Å²) in [7, 11) is 1.59. The Kier molecular flexibility index (Phi) is 3.73. The van der Waals surface area contributed by atoms with Crippen LogP contribution in [0.2, 0.25) is 0 Å². The van der Waals surface area contributed by atoms with Gasteiger partial charge in [0.05, 0.1) is 25.3 Å². The van der Waals surface area contributed by atoms with E-state index in [1.54, 1.807) is 13.4 Å². The van der Waals surface area contributed by atoms with Gasteiger partial charge in [-0.1, -0.05) is 48.5 Å². The number of carbonyl (C=O) groups is 1. The van der Waals surface area contributed by atoms with Crippen LogP contribution in [0, 0.1) is 5.92 Å². The summed E-state index contributed by atoms with van der Waals surface area (Å²) in [4.78, 5) is 14.3. The number of para-hydroxylation sites is 1. The molecule has 0 spiro atoms. The van der Waals surface area contributed by atoms with Crippen LogP contribution in [-0.2, 0) is 9.53 Å².